The predicted octanol–water partition coefficient (Wildman–Crippen LogP) is 3.97. The van der Waals surface area contributed by atoms with Crippen LogP contribution in [0.3, 0.4) is 0 Å². The van der Waals surface area contributed by atoms with Crippen molar-refractivity contribution in [2.75, 3.05) is 0 Å². The third kappa shape index (κ3) is 2.45. The number of hydrogen-bond acceptors (Lipinski definition) is 2. The number of Topliss-reactive ketones (excluding diaryl/α,β-unsaturated/α-hetero) is 1. The van der Waals surface area contributed by atoms with Crippen LogP contribution in [-0.2, 0) is 6.42 Å². The maximum Gasteiger partial charge on any atom is 0.167 e. The van der Waals surface area contributed by atoms with Gasteiger partial charge in [0, 0.05) is 23.6 Å². The van der Waals surface area contributed by atoms with E-state index in [0.29, 0.717) is 6.42 Å². The van der Waals surface area contributed by atoms with Gasteiger partial charge in [0.25, 0.3) is 0 Å². The van der Waals surface area contributed by atoms with Crippen LogP contribution in [0.25, 0.3) is 10.9 Å². The summed E-state index contributed by atoms with van der Waals surface area (Å²) in [6, 6.07) is 17.6. The number of hydrogen-bond donors (Lipinski definition) is 0. The van der Waals surface area contributed by atoms with Gasteiger partial charge in [-0.2, -0.15) is 0 Å². The number of fused-ring (bicyclic) bond motifs is 1. The molecule has 0 unspecified atom stereocenters. The first kappa shape index (κ1) is 12.5. The molecule has 0 amide bonds. The molecule has 1 heterocycles. The molecule has 20 heavy (non-hydrogen) atoms. The van der Waals surface area contributed by atoms with Crippen molar-refractivity contribution in [1.29, 1.82) is 0 Å². The molecule has 0 aliphatic heterocycles. The molecule has 2 aromatic carbocycles. The van der Waals surface area contributed by atoms with Gasteiger partial charge in [0.1, 0.15) is 0 Å². The number of aryl methyl sites for hydroxylation is 1. The zero-order valence-corrected chi connectivity index (χ0v) is 11.3. The van der Waals surface area contributed by atoms with Gasteiger partial charge in [0.05, 0.1) is 5.52 Å². The van der Waals surface area contributed by atoms with Crippen molar-refractivity contribution in [3.05, 3.63) is 77.5 Å². The van der Waals surface area contributed by atoms with Crippen LogP contribution in [0.2, 0.25) is 0 Å². The second-order valence-electron chi connectivity index (χ2n) is 4.96. The normalized spacial score (nSPS) is 10.7. The van der Waals surface area contributed by atoms with E-state index in [4.69, 9.17) is 0 Å². The van der Waals surface area contributed by atoms with Gasteiger partial charge in [-0.25, -0.2) is 0 Å². The third-order valence-corrected chi connectivity index (χ3v) is 3.43. The average Bonchev–Trinajstić information content (AvgIpc) is 2.47. The molecular formula is C18H15NO. The number of pyridine rings is 1. The number of aromatic nitrogens is 1. The fourth-order valence-electron chi connectivity index (χ4n) is 2.40. The summed E-state index contributed by atoms with van der Waals surface area (Å²) in [5.74, 6) is 0.144. The molecule has 0 atom stereocenters. The highest BCUT2D eigenvalue weighted by atomic mass is 16.1. The molecule has 0 spiro atoms. The number of para-hydroxylation sites is 1. The zero-order chi connectivity index (χ0) is 13.9. The Balaban J connectivity index is 1.95. The van der Waals surface area contributed by atoms with Crippen molar-refractivity contribution in [2.45, 2.75) is 13.3 Å². The summed E-state index contributed by atoms with van der Waals surface area (Å²) in [5, 5.41) is 1.05. The van der Waals surface area contributed by atoms with Crippen LogP contribution in [-0.4, -0.2) is 10.8 Å². The number of ketones is 1. The van der Waals surface area contributed by atoms with Crippen LogP contribution in [0.15, 0.2) is 60.8 Å². The van der Waals surface area contributed by atoms with Gasteiger partial charge in [0.2, 0.25) is 0 Å². The largest absolute Gasteiger partial charge is 0.294 e. The number of rotatable bonds is 3. The monoisotopic (exact) mass is 261 g/mol. The van der Waals surface area contributed by atoms with E-state index in [1.54, 1.807) is 6.20 Å². The van der Waals surface area contributed by atoms with Gasteiger partial charge in [-0.1, -0.05) is 42.0 Å². The summed E-state index contributed by atoms with van der Waals surface area (Å²) in [7, 11) is 0. The molecule has 2 heteroatoms. The third-order valence-electron chi connectivity index (χ3n) is 3.43. The summed E-state index contributed by atoms with van der Waals surface area (Å²) < 4.78 is 0. The Hall–Kier alpha value is -2.48. The van der Waals surface area contributed by atoms with E-state index in [0.717, 1.165) is 27.6 Å². The molecular weight excluding hydrogens is 246 g/mol. The lowest BCUT2D eigenvalue weighted by Crippen LogP contribution is -2.04. The molecule has 0 fully saturated rings. The summed E-state index contributed by atoms with van der Waals surface area (Å²) in [6.07, 6.45) is 2.17. The van der Waals surface area contributed by atoms with Crippen LogP contribution < -0.4 is 0 Å². The Labute approximate surface area is 118 Å². The molecule has 0 saturated heterocycles. The molecule has 0 aliphatic carbocycles. The summed E-state index contributed by atoms with van der Waals surface area (Å²) >= 11 is 0. The Morgan fingerprint density at radius 1 is 1.05 bits per heavy atom. The van der Waals surface area contributed by atoms with Crippen molar-refractivity contribution in [3.63, 3.8) is 0 Å². The van der Waals surface area contributed by atoms with E-state index >= 15 is 0 Å². The minimum Gasteiger partial charge on any atom is -0.294 e. The van der Waals surface area contributed by atoms with E-state index in [1.165, 1.54) is 0 Å². The average molecular weight is 261 g/mol. The molecule has 0 bridgehead atoms. The first-order valence-corrected chi connectivity index (χ1v) is 6.66. The maximum absolute atomic E-state index is 12.4. The molecule has 3 rings (SSSR count). The lowest BCUT2D eigenvalue weighted by Gasteiger charge is -2.06. The second kappa shape index (κ2) is 5.25. The van der Waals surface area contributed by atoms with Crippen molar-refractivity contribution in [2.24, 2.45) is 0 Å². The highest BCUT2D eigenvalue weighted by Gasteiger charge is 2.09. The Morgan fingerprint density at radius 3 is 2.75 bits per heavy atom. The van der Waals surface area contributed by atoms with E-state index in [1.807, 2.05) is 61.5 Å². The van der Waals surface area contributed by atoms with E-state index in [2.05, 4.69) is 4.98 Å². The van der Waals surface area contributed by atoms with Gasteiger partial charge in [-0.15, -0.1) is 0 Å². The van der Waals surface area contributed by atoms with Crippen LogP contribution in [0.5, 0.6) is 0 Å². The lowest BCUT2D eigenvalue weighted by atomic mass is 9.99. The zero-order valence-electron chi connectivity index (χ0n) is 11.3. The molecule has 0 N–H and O–H groups in total. The molecule has 2 nitrogen and oxygen atoms in total. The topological polar surface area (TPSA) is 30.0 Å². The Morgan fingerprint density at radius 2 is 1.90 bits per heavy atom. The minimum atomic E-state index is 0.144. The van der Waals surface area contributed by atoms with E-state index < -0.39 is 0 Å². The maximum atomic E-state index is 12.4. The number of carbonyl (C=O) groups excluding carboxylic acids is 1. The summed E-state index contributed by atoms with van der Waals surface area (Å²) in [5.41, 5.74) is 3.84. The summed E-state index contributed by atoms with van der Waals surface area (Å²) in [6.45, 7) is 2.00. The number of nitrogens with zero attached hydrogens (tertiary/aromatic N) is 1. The second-order valence-corrected chi connectivity index (χ2v) is 4.96. The van der Waals surface area contributed by atoms with Crippen molar-refractivity contribution < 1.29 is 4.79 Å². The molecule has 98 valence electrons. The van der Waals surface area contributed by atoms with Gasteiger partial charge in [-0.05, 0) is 30.7 Å². The van der Waals surface area contributed by atoms with Crippen LogP contribution in [0.1, 0.15) is 21.5 Å². The molecule has 0 saturated carbocycles. The molecule has 0 aliphatic rings. The fraction of sp³-hybridized carbons (Fsp3) is 0.111. The Kier molecular flexibility index (Phi) is 3.30. The number of benzene rings is 2. The van der Waals surface area contributed by atoms with Crippen molar-refractivity contribution in [3.8, 4) is 0 Å². The van der Waals surface area contributed by atoms with E-state index in [9.17, 15) is 4.79 Å². The first-order valence-electron chi connectivity index (χ1n) is 6.66. The highest BCUT2D eigenvalue weighted by Crippen LogP contribution is 2.18. The number of carbonyl (C=O) groups is 1. The van der Waals surface area contributed by atoms with Gasteiger partial charge >= 0.3 is 0 Å². The smallest absolute Gasteiger partial charge is 0.167 e. The van der Waals surface area contributed by atoms with Crippen molar-refractivity contribution in [1.82, 2.24) is 4.98 Å². The fourth-order valence-corrected chi connectivity index (χ4v) is 2.40. The van der Waals surface area contributed by atoms with Crippen LogP contribution >= 0.6 is 0 Å². The van der Waals surface area contributed by atoms with Crippen LogP contribution in [0.4, 0.5) is 0 Å². The SMILES string of the molecule is Cc1cccc(C(=O)Cc2ccnc3ccccc23)c1. The quantitative estimate of drug-likeness (QED) is 0.668. The Bertz CT molecular complexity index is 772. The van der Waals surface area contributed by atoms with E-state index in [-0.39, 0.29) is 5.78 Å². The van der Waals surface area contributed by atoms with Gasteiger partial charge < -0.3 is 0 Å². The van der Waals surface area contributed by atoms with Gasteiger partial charge in [0.15, 0.2) is 5.78 Å². The minimum absolute atomic E-state index is 0.144. The van der Waals surface area contributed by atoms with Gasteiger partial charge in [-0.3, -0.25) is 9.78 Å². The molecule has 0 radical (unpaired) electrons. The molecule has 3 aromatic rings. The first-order chi connectivity index (χ1) is 9.74. The standard InChI is InChI=1S/C18H15NO/c1-13-5-4-6-15(11-13)18(20)12-14-9-10-19-17-8-3-2-7-16(14)17/h2-11H,12H2,1H3. The molecule has 1 aromatic heterocycles. The van der Waals surface area contributed by atoms with Crippen LogP contribution in [0, 0.1) is 6.92 Å². The predicted molar refractivity (Wildman–Crippen MR) is 81.0 cm³/mol. The lowest BCUT2D eigenvalue weighted by molar-refractivity contribution is 0.0993. The summed E-state index contributed by atoms with van der Waals surface area (Å²) in [4.78, 5) is 16.7. The van der Waals surface area contributed by atoms with Crippen molar-refractivity contribution >= 4 is 16.7 Å². The highest BCUT2D eigenvalue weighted by molar-refractivity contribution is 5.99.